The van der Waals surface area contributed by atoms with Crippen LogP contribution in [0.15, 0.2) is 0 Å². The molecule has 4 fully saturated rings. The fraction of sp³-hybridized carbons (Fsp3) is 0.957. The monoisotopic (exact) mass is 392 g/mol. The summed E-state index contributed by atoms with van der Waals surface area (Å²) in [5.41, 5.74) is 2.52. The van der Waals surface area contributed by atoms with E-state index in [9.17, 15) is 15.0 Å². The number of nitrogens with one attached hydrogen (secondary N) is 1. The third kappa shape index (κ3) is 3.13. The first-order valence-electron chi connectivity index (χ1n) is 11.7. The molecular weight excluding hydrogens is 352 g/mol. The average Bonchev–Trinajstić information content (AvgIpc) is 3.01. The number of hydrogen-bond donors (Lipinski definition) is 4. The van der Waals surface area contributed by atoms with E-state index in [1.807, 2.05) is 0 Å². The van der Waals surface area contributed by atoms with Gasteiger partial charge in [-0.25, -0.2) is 5.84 Å². The second-order valence-corrected chi connectivity index (χ2v) is 10.9. The number of hydrogen-bond acceptors (Lipinski definition) is 4. The summed E-state index contributed by atoms with van der Waals surface area (Å²) in [6.45, 7) is 4.81. The van der Waals surface area contributed by atoms with E-state index in [-0.39, 0.29) is 23.5 Å². The molecule has 0 unspecified atom stereocenters. The fourth-order valence-corrected chi connectivity index (χ4v) is 8.37. The Morgan fingerprint density at radius 2 is 1.86 bits per heavy atom. The van der Waals surface area contributed by atoms with Crippen molar-refractivity contribution >= 4 is 5.91 Å². The van der Waals surface area contributed by atoms with Crippen LogP contribution in [0, 0.1) is 40.4 Å². The fourth-order valence-electron chi connectivity index (χ4n) is 8.37. The van der Waals surface area contributed by atoms with Gasteiger partial charge in [0.1, 0.15) is 0 Å². The number of carbonyl (C=O) groups excluding carboxylic acids is 1. The molecule has 0 bridgehead atoms. The van der Waals surface area contributed by atoms with Crippen LogP contribution in [0.1, 0.15) is 84.5 Å². The molecule has 0 heterocycles. The number of aliphatic hydroxyl groups is 2. The Morgan fingerprint density at radius 1 is 1.07 bits per heavy atom. The molecule has 4 saturated carbocycles. The van der Waals surface area contributed by atoms with Crippen molar-refractivity contribution in [2.45, 2.75) is 96.7 Å². The van der Waals surface area contributed by atoms with Crippen LogP contribution in [0.4, 0.5) is 0 Å². The minimum Gasteiger partial charge on any atom is -0.393 e. The quantitative estimate of drug-likeness (QED) is 0.336. The molecule has 5 heteroatoms. The molecule has 5 nitrogen and oxygen atoms in total. The second kappa shape index (κ2) is 7.55. The zero-order valence-electron chi connectivity index (χ0n) is 17.7. The predicted molar refractivity (Wildman–Crippen MR) is 109 cm³/mol. The van der Waals surface area contributed by atoms with Crippen molar-refractivity contribution in [1.29, 1.82) is 0 Å². The lowest BCUT2D eigenvalue weighted by Crippen LogP contribution is -2.58. The Labute approximate surface area is 169 Å². The molecule has 5 N–H and O–H groups in total. The van der Waals surface area contributed by atoms with E-state index in [1.165, 1.54) is 25.7 Å². The van der Waals surface area contributed by atoms with Gasteiger partial charge in [-0.3, -0.25) is 10.2 Å². The van der Waals surface area contributed by atoms with Crippen LogP contribution in [0.3, 0.4) is 0 Å². The Kier molecular flexibility index (Phi) is 5.56. The highest BCUT2D eigenvalue weighted by atomic mass is 16.3. The van der Waals surface area contributed by atoms with Crippen molar-refractivity contribution in [2.24, 2.45) is 46.3 Å². The predicted octanol–water partition coefficient (Wildman–Crippen LogP) is 3.14. The van der Waals surface area contributed by atoms with Crippen molar-refractivity contribution in [3.8, 4) is 0 Å². The van der Waals surface area contributed by atoms with E-state index in [1.54, 1.807) is 0 Å². The van der Waals surface area contributed by atoms with Crippen LogP contribution < -0.4 is 11.3 Å². The molecule has 0 saturated heterocycles. The van der Waals surface area contributed by atoms with Crippen LogP contribution >= 0.6 is 0 Å². The molecule has 4 rings (SSSR count). The Balaban J connectivity index is 1.50. The summed E-state index contributed by atoms with van der Waals surface area (Å²) in [7, 11) is 0. The molecule has 1 amide bonds. The third-order valence-electron chi connectivity index (χ3n) is 10.1. The molecule has 9 atom stereocenters. The Hall–Kier alpha value is -0.650. The van der Waals surface area contributed by atoms with Crippen molar-refractivity contribution in [3.05, 3.63) is 0 Å². The number of fused-ring (bicyclic) bond motifs is 5. The number of nitrogens with two attached hydrogens (primary N) is 1. The lowest BCUT2D eigenvalue weighted by atomic mass is 9.44. The van der Waals surface area contributed by atoms with Gasteiger partial charge in [0.15, 0.2) is 0 Å². The summed E-state index contributed by atoms with van der Waals surface area (Å²) in [5, 5.41) is 21.6. The van der Waals surface area contributed by atoms with Gasteiger partial charge in [0.05, 0.1) is 12.2 Å². The van der Waals surface area contributed by atoms with Gasteiger partial charge < -0.3 is 10.2 Å². The highest BCUT2D eigenvalue weighted by Crippen LogP contribution is 2.67. The summed E-state index contributed by atoms with van der Waals surface area (Å²) in [4.78, 5) is 11.5. The molecule has 0 aliphatic heterocycles. The van der Waals surface area contributed by atoms with E-state index in [4.69, 9.17) is 5.84 Å². The Morgan fingerprint density at radius 3 is 2.61 bits per heavy atom. The van der Waals surface area contributed by atoms with Crippen LogP contribution in [0.5, 0.6) is 0 Å². The zero-order valence-corrected chi connectivity index (χ0v) is 17.7. The maximum Gasteiger partial charge on any atom is 0.233 e. The average molecular weight is 393 g/mol. The molecule has 28 heavy (non-hydrogen) atoms. The molecule has 160 valence electrons. The number of carbonyl (C=O) groups is 1. The van der Waals surface area contributed by atoms with Crippen molar-refractivity contribution in [2.75, 3.05) is 0 Å². The van der Waals surface area contributed by atoms with E-state index < -0.39 is 0 Å². The number of aliphatic hydroxyl groups excluding tert-OH is 2. The summed E-state index contributed by atoms with van der Waals surface area (Å²) in [5.74, 6) is 8.20. The van der Waals surface area contributed by atoms with Gasteiger partial charge in [0.25, 0.3) is 0 Å². The molecule has 0 radical (unpaired) electrons. The van der Waals surface area contributed by atoms with Gasteiger partial charge in [-0.2, -0.15) is 0 Å². The number of amides is 1. The van der Waals surface area contributed by atoms with Crippen LogP contribution in [-0.4, -0.2) is 28.3 Å². The first-order valence-corrected chi connectivity index (χ1v) is 11.7. The first kappa shape index (κ1) is 20.6. The molecule has 0 spiro atoms. The minimum atomic E-state index is -0.239. The highest BCUT2D eigenvalue weighted by Gasteiger charge is 2.62. The maximum atomic E-state index is 11.5. The number of hydrazine groups is 1. The van der Waals surface area contributed by atoms with Gasteiger partial charge in [0.2, 0.25) is 5.91 Å². The van der Waals surface area contributed by atoms with E-state index in [0.29, 0.717) is 35.5 Å². The van der Waals surface area contributed by atoms with Crippen molar-refractivity contribution in [1.82, 2.24) is 5.43 Å². The smallest absolute Gasteiger partial charge is 0.233 e. The van der Waals surface area contributed by atoms with Gasteiger partial charge in [-0.15, -0.1) is 0 Å². The van der Waals surface area contributed by atoms with Gasteiger partial charge in [-0.05, 0) is 105 Å². The zero-order chi connectivity index (χ0) is 20.1. The van der Waals surface area contributed by atoms with Crippen molar-refractivity contribution < 1.29 is 15.0 Å². The normalized spacial score (nSPS) is 50.4. The van der Waals surface area contributed by atoms with E-state index in [2.05, 4.69) is 19.3 Å². The molecule has 0 aromatic heterocycles. The molecule has 0 aromatic carbocycles. The van der Waals surface area contributed by atoms with Gasteiger partial charge in [0, 0.05) is 6.42 Å². The van der Waals surface area contributed by atoms with Crippen LogP contribution in [-0.2, 0) is 4.79 Å². The third-order valence-corrected chi connectivity index (χ3v) is 10.1. The standard InChI is InChI=1S/C23H40N2O3/c1-22-11-10-16(26)12-15(22)6-8-17-18-9-7-14(4-3-5-21(28)25-24)23(18,2)20(27)13-19(17)22/h14-20,26-27H,3-13,24H2,1-2H3,(H,25,28)/t14-,15+,16+,17-,18-,19-,20-,22-,23+/m0/s1. The summed E-state index contributed by atoms with van der Waals surface area (Å²) < 4.78 is 0. The lowest BCUT2D eigenvalue weighted by Gasteiger charge is -2.62. The summed E-state index contributed by atoms with van der Waals surface area (Å²) in [6, 6.07) is 0. The van der Waals surface area contributed by atoms with E-state index in [0.717, 1.165) is 44.4 Å². The molecule has 4 aliphatic rings. The number of rotatable bonds is 4. The van der Waals surface area contributed by atoms with Crippen molar-refractivity contribution in [3.63, 3.8) is 0 Å². The maximum absolute atomic E-state index is 11.5. The second-order valence-electron chi connectivity index (χ2n) is 10.9. The topological polar surface area (TPSA) is 95.6 Å². The van der Waals surface area contributed by atoms with Gasteiger partial charge in [-0.1, -0.05) is 13.8 Å². The molecule has 0 aromatic rings. The minimum absolute atomic E-state index is 0.00225. The van der Waals surface area contributed by atoms with Gasteiger partial charge >= 0.3 is 0 Å². The largest absolute Gasteiger partial charge is 0.393 e. The van der Waals surface area contributed by atoms with E-state index >= 15 is 0 Å². The lowest BCUT2D eigenvalue weighted by molar-refractivity contribution is -0.171. The molecule has 4 aliphatic carbocycles. The Bertz CT molecular complexity index is 598. The summed E-state index contributed by atoms with van der Waals surface area (Å²) >= 11 is 0. The van der Waals surface area contributed by atoms with Crippen LogP contribution in [0.25, 0.3) is 0 Å². The molecular formula is C23H40N2O3. The first-order chi connectivity index (χ1) is 13.3. The highest BCUT2D eigenvalue weighted by molar-refractivity contribution is 5.75. The SMILES string of the molecule is C[C@]12CC[C@@H](O)C[C@H]1CC[C@@H]1[C@@H]2C[C@H](O)[C@]2(C)[C@@H](CCCC(=O)NN)CC[C@@H]12. The van der Waals surface area contributed by atoms with Crippen LogP contribution in [0.2, 0.25) is 0 Å². The summed E-state index contributed by atoms with van der Waals surface area (Å²) in [6.07, 6.45) is 10.9.